The van der Waals surface area contributed by atoms with Crippen LogP contribution in [0.4, 0.5) is 20.3 Å². The molecule has 1 amide bonds. The smallest absolute Gasteiger partial charge is 0.388 e. The van der Waals surface area contributed by atoms with Gasteiger partial charge in [-0.1, -0.05) is 25.4 Å². The number of carbonyl (C=O) groups excluding carboxylic acids is 1. The number of amides is 1. The van der Waals surface area contributed by atoms with Gasteiger partial charge >= 0.3 is 6.61 Å². The van der Waals surface area contributed by atoms with Crippen molar-refractivity contribution in [2.75, 3.05) is 11.1 Å². The number of hydrogen-bond donors (Lipinski definition) is 2. The van der Waals surface area contributed by atoms with Gasteiger partial charge in [0.1, 0.15) is 10.8 Å². The van der Waals surface area contributed by atoms with E-state index in [9.17, 15) is 13.6 Å². The molecule has 3 rings (SSSR count). The third kappa shape index (κ3) is 3.39. The fourth-order valence-electron chi connectivity index (χ4n) is 3.27. The summed E-state index contributed by atoms with van der Waals surface area (Å²) in [6.07, 6.45) is 3.26. The number of halogens is 3. The normalized spacial score (nSPS) is 17.8. The molecule has 0 bridgehead atoms. The molecule has 1 atom stereocenters. The largest absolute Gasteiger partial charge is 0.415 e. The van der Waals surface area contributed by atoms with Crippen molar-refractivity contribution in [2.45, 2.75) is 38.2 Å². The molecule has 2 heterocycles. The fraction of sp³-hybridized carbons (Fsp3) is 0.375. The highest BCUT2D eigenvalue weighted by molar-refractivity contribution is 6.32. The molecule has 0 radical (unpaired) electrons. The van der Waals surface area contributed by atoms with E-state index >= 15 is 0 Å². The Labute approximate surface area is 152 Å². The van der Waals surface area contributed by atoms with Crippen LogP contribution in [0.25, 0.3) is 0 Å². The van der Waals surface area contributed by atoms with Crippen LogP contribution in [-0.4, -0.2) is 27.7 Å². The van der Waals surface area contributed by atoms with Gasteiger partial charge in [0.15, 0.2) is 0 Å². The molecule has 26 heavy (non-hydrogen) atoms. The Balaban J connectivity index is 1.82. The van der Waals surface area contributed by atoms with Crippen molar-refractivity contribution in [1.29, 1.82) is 0 Å². The molecule has 7 nitrogen and oxygen atoms in total. The summed E-state index contributed by atoms with van der Waals surface area (Å²) in [6, 6.07) is 1.30. The second-order valence-electron chi connectivity index (χ2n) is 6.58. The molecule has 2 aromatic heterocycles. The Bertz CT molecular complexity index is 863. The number of rotatable bonds is 4. The maximum atomic E-state index is 12.7. The number of nitrogens with two attached hydrogens (primary N) is 1. The van der Waals surface area contributed by atoms with Crippen LogP contribution in [0.2, 0.25) is 5.02 Å². The van der Waals surface area contributed by atoms with Crippen LogP contribution >= 0.6 is 11.6 Å². The van der Waals surface area contributed by atoms with E-state index in [1.165, 1.54) is 18.5 Å². The number of anilines is 2. The number of pyridine rings is 1. The van der Waals surface area contributed by atoms with E-state index in [0.29, 0.717) is 12.2 Å². The predicted molar refractivity (Wildman–Crippen MR) is 91.3 cm³/mol. The first kappa shape index (κ1) is 18.2. The van der Waals surface area contributed by atoms with E-state index in [4.69, 9.17) is 17.3 Å². The number of carbonyl (C=O) groups is 1. The summed E-state index contributed by atoms with van der Waals surface area (Å²) >= 11 is 5.86. The number of hydrogen-bond acceptors (Lipinski definition) is 6. The Morgan fingerprint density at radius 1 is 1.46 bits per heavy atom. The molecule has 0 fully saturated rings. The van der Waals surface area contributed by atoms with E-state index in [2.05, 4.69) is 25.2 Å². The van der Waals surface area contributed by atoms with Gasteiger partial charge in [-0.25, -0.2) is 4.98 Å². The quantitative estimate of drug-likeness (QED) is 0.840. The molecule has 0 spiro atoms. The van der Waals surface area contributed by atoms with E-state index in [1.807, 2.05) is 13.8 Å². The van der Waals surface area contributed by atoms with Gasteiger partial charge in [0.05, 0.1) is 24.0 Å². The zero-order valence-corrected chi connectivity index (χ0v) is 14.7. The van der Waals surface area contributed by atoms with Crippen molar-refractivity contribution in [3.63, 3.8) is 0 Å². The first-order valence-electron chi connectivity index (χ1n) is 7.72. The van der Waals surface area contributed by atoms with Gasteiger partial charge in [-0.2, -0.15) is 13.9 Å². The first-order chi connectivity index (χ1) is 12.2. The zero-order valence-electron chi connectivity index (χ0n) is 14.0. The van der Waals surface area contributed by atoms with Crippen LogP contribution in [0.5, 0.6) is 5.88 Å². The molecule has 0 saturated heterocycles. The molecule has 1 unspecified atom stereocenters. The van der Waals surface area contributed by atoms with Crippen LogP contribution in [0, 0.1) is 0 Å². The lowest BCUT2D eigenvalue weighted by molar-refractivity contribution is -0.117. The summed E-state index contributed by atoms with van der Waals surface area (Å²) in [4.78, 5) is 16.4. The lowest BCUT2D eigenvalue weighted by Gasteiger charge is -2.19. The standard InChI is InChI=1S/C16H16ClF2N5O2/c1-16(2)4-8(9-6-22-24-12(20)11(9)16)13(25)23-7-3-10(17)14(21-5-7)26-15(18)19/h3,5-6,8,15H,4H2,1-2H3,(H2,20,24)(H,23,25). The van der Waals surface area contributed by atoms with E-state index in [-0.39, 0.29) is 22.0 Å². The minimum Gasteiger partial charge on any atom is -0.415 e. The minimum absolute atomic E-state index is 0.134. The SMILES string of the molecule is CC1(C)CC(C(=O)Nc2cnc(OC(F)F)c(Cl)c2)c2cnnc(N)c21. The van der Waals surface area contributed by atoms with Crippen molar-refractivity contribution < 1.29 is 18.3 Å². The third-order valence-electron chi connectivity index (χ3n) is 4.27. The third-order valence-corrected chi connectivity index (χ3v) is 4.54. The summed E-state index contributed by atoms with van der Waals surface area (Å²) in [5.41, 5.74) is 7.40. The molecule has 1 aliphatic rings. The van der Waals surface area contributed by atoms with E-state index in [1.54, 1.807) is 0 Å². The molecule has 2 aromatic rings. The monoisotopic (exact) mass is 383 g/mol. The van der Waals surface area contributed by atoms with Gasteiger partial charge in [0.25, 0.3) is 0 Å². The summed E-state index contributed by atoms with van der Waals surface area (Å²) < 4.78 is 28.7. The van der Waals surface area contributed by atoms with Gasteiger partial charge in [-0.05, 0) is 23.5 Å². The van der Waals surface area contributed by atoms with E-state index < -0.39 is 18.4 Å². The average molecular weight is 384 g/mol. The van der Waals surface area contributed by atoms with Gasteiger partial charge in [-0.3, -0.25) is 4.79 Å². The second-order valence-corrected chi connectivity index (χ2v) is 6.99. The number of nitrogens with one attached hydrogen (secondary N) is 1. The molecular weight excluding hydrogens is 368 g/mol. The van der Waals surface area contributed by atoms with Crippen molar-refractivity contribution in [1.82, 2.24) is 15.2 Å². The lowest BCUT2D eigenvalue weighted by atomic mass is 9.86. The highest BCUT2D eigenvalue weighted by Gasteiger charge is 2.42. The Morgan fingerprint density at radius 3 is 2.85 bits per heavy atom. The van der Waals surface area contributed by atoms with E-state index in [0.717, 1.165) is 11.1 Å². The van der Waals surface area contributed by atoms with Gasteiger partial charge < -0.3 is 15.8 Å². The molecule has 0 aromatic carbocycles. The number of fused-ring (bicyclic) bond motifs is 1. The summed E-state index contributed by atoms with van der Waals surface area (Å²) in [6.45, 7) is 0.919. The minimum atomic E-state index is -3.04. The number of aromatic nitrogens is 3. The van der Waals surface area contributed by atoms with Crippen LogP contribution in [0.1, 0.15) is 37.3 Å². The number of nitrogens with zero attached hydrogens (tertiary/aromatic N) is 3. The number of nitrogen functional groups attached to an aromatic ring is 1. The predicted octanol–water partition coefficient (Wildman–Crippen LogP) is 3.11. The van der Waals surface area contributed by atoms with Crippen LogP contribution < -0.4 is 15.8 Å². The first-order valence-corrected chi connectivity index (χ1v) is 8.09. The highest BCUT2D eigenvalue weighted by Crippen LogP contribution is 2.47. The van der Waals surface area contributed by atoms with Crippen molar-refractivity contribution in [3.05, 3.63) is 34.6 Å². The van der Waals surface area contributed by atoms with Crippen LogP contribution in [-0.2, 0) is 10.2 Å². The maximum Gasteiger partial charge on any atom is 0.388 e. The number of ether oxygens (including phenoxy) is 1. The molecule has 3 N–H and O–H groups in total. The Kier molecular flexibility index (Phi) is 4.66. The van der Waals surface area contributed by atoms with Crippen LogP contribution in [0.15, 0.2) is 18.5 Å². The molecule has 138 valence electrons. The van der Waals surface area contributed by atoms with Crippen molar-refractivity contribution >= 4 is 29.0 Å². The fourth-order valence-corrected chi connectivity index (χ4v) is 3.48. The molecule has 1 aliphatic carbocycles. The van der Waals surface area contributed by atoms with Crippen molar-refractivity contribution in [2.24, 2.45) is 0 Å². The number of alkyl halides is 2. The van der Waals surface area contributed by atoms with Crippen molar-refractivity contribution in [3.8, 4) is 5.88 Å². The van der Waals surface area contributed by atoms with Gasteiger partial charge in [0, 0.05) is 5.56 Å². The zero-order chi connectivity index (χ0) is 19.1. The average Bonchev–Trinajstić information content (AvgIpc) is 2.82. The molecule has 0 saturated carbocycles. The summed E-state index contributed by atoms with van der Waals surface area (Å²) in [7, 11) is 0. The summed E-state index contributed by atoms with van der Waals surface area (Å²) in [5, 5.41) is 10.3. The van der Waals surface area contributed by atoms with Crippen LogP contribution in [0.3, 0.4) is 0 Å². The van der Waals surface area contributed by atoms with Gasteiger partial charge in [-0.15, -0.1) is 5.10 Å². The topological polar surface area (TPSA) is 103 Å². The molecule has 10 heteroatoms. The maximum absolute atomic E-state index is 12.7. The molecular formula is C16H16ClF2N5O2. The Morgan fingerprint density at radius 2 is 2.19 bits per heavy atom. The molecule has 0 aliphatic heterocycles. The Hall–Kier alpha value is -2.55. The second kappa shape index (κ2) is 6.64. The van der Waals surface area contributed by atoms with Gasteiger partial charge in [0.2, 0.25) is 11.8 Å². The summed E-state index contributed by atoms with van der Waals surface area (Å²) in [5.74, 6) is -0.880. The lowest BCUT2D eigenvalue weighted by Crippen LogP contribution is -2.21. The highest BCUT2D eigenvalue weighted by atomic mass is 35.5.